The van der Waals surface area contributed by atoms with Gasteiger partial charge in [-0.15, -0.1) is 0 Å². The Labute approximate surface area is 325 Å². The Bertz CT molecular complexity index is 2360. The van der Waals surface area contributed by atoms with Crippen LogP contribution in [0.15, 0.2) is 77.9 Å². The van der Waals surface area contributed by atoms with E-state index in [2.05, 4.69) is 19.9 Å². The van der Waals surface area contributed by atoms with Gasteiger partial charge in [0.25, 0.3) is 0 Å². The summed E-state index contributed by atoms with van der Waals surface area (Å²) in [5.74, 6) is 4.45. The molecule has 56 heavy (non-hydrogen) atoms. The van der Waals surface area contributed by atoms with Crippen molar-refractivity contribution >= 4 is 11.9 Å². The quantitative estimate of drug-likeness (QED) is 0.176. The van der Waals surface area contributed by atoms with Crippen LogP contribution in [0.4, 0.5) is 0 Å². The Balaban J connectivity index is 1.04. The smallest absolute Gasteiger partial charge is 0.231 e. The largest absolute Gasteiger partial charge is 0.508 e. The van der Waals surface area contributed by atoms with Gasteiger partial charge >= 0.3 is 0 Å². The van der Waals surface area contributed by atoms with Crippen molar-refractivity contribution in [3.05, 3.63) is 117 Å². The zero-order valence-corrected chi connectivity index (χ0v) is 32.1. The number of rotatable bonds is 7. The maximum atomic E-state index is 13.7. The Morgan fingerprint density at radius 3 is 2.27 bits per heavy atom. The van der Waals surface area contributed by atoms with Gasteiger partial charge < -0.3 is 43.4 Å². The average molecular weight is 757 g/mol. The minimum absolute atomic E-state index is 0.0272. The molecule has 0 bridgehead atoms. The highest BCUT2D eigenvalue weighted by molar-refractivity contribution is 6.01. The zero-order chi connectivity index (χ0) is 38.9. The molecule has 0 fully saturated rings. The molecule has 10 heteroatoms. The van der Waals surface area contributed by atoms with Gasteiger partial charge in [-0.2, -0.15) is 0 Å². The fourth-order valence-electron chi connectivity index (χ4n) is 8.07. The minimum Gasteiger partial charge on any atom is -0.508 e. The summed E-state index contributed by atoms with van der Waals surface area (Å²) in [6.07, 6.45) is 8.08. The lowest BCUT2D eigenvalue weighted by molar-refractivity contribution is 0.0424. The number of carbonyl (C=O) groups is 1. The van der Waals surface area contributed by atoms with Crippen molar-refractivity contribution in [3.63, 3.8) is 0 Å². The molecule has 288 valence electrons. The molecule has 0 aromatic heterocycles. The van der Waals surface area contributed by atoms with E-state index < -0.39 is 11.7 Å². The van der Waals surface area contributed by atoms with E-state index in [0.29, 0.717) is 70.6 Å². The third kappa shape index (κ3) is 6.27. The van der Waals surface area contributed by atoms with Crippen molar-refractivity contribution in [2.75, 3.05) is 20.0 Å². The van der Waals surface area contributed by atoms with Gasteiger partial charge in [0.1, 0.15) is 47.6 Å². The summed E-state index contributed by atoms with van der Waals surface area (Å²) < 4.78 is 44.2. The van der Waals surface area contributed by atoms with E-state index in [-0.39, 0.29) is 49.1 Å². The fraction of sp³-hybridized carbons (Fsp3) is 0.326. The van der Waals surface area contributed by atoms with Crippen molar-refractivity contribution in [2.24, 2.45) is 0 Å². The lowest BCUT2D eigenvalue weighted by Crippen LogP contribution is -2.40. The van der Waals surface area contributed by atoms with Crippen LogP contribution in [-0.2, 0) is 12.8 Å². The zero-order valence-electron chi connectivity index (χ0n) is 32.1. The van der Waals surface area contributed by atoms with Gasteiger partial charge in [0, 0.05) is 39.9 Å². The molecule has 4 aromatic rings. The highest BCUT2D eigenvalue weighted by atomic mass is 16.7. The molecule has 9 rings (SSSR count). The first-order valence-electron chi connectivity index (χ1n) is 19.0. The van der Waals surface area contributed by atoms with E-state index in [1.807, 2.05) is 51.1 Å². The van der Waals surface area contributed by atoms with Crippen molar-refractivity contribution < 1.29 is 48.2 Å². The van der Waals surface area contributed by atoms with Crippen LogP contribution in [0.25, 0.3) is 6.08 Å². The second kappa shape index (κ2) is 13.6. The summed E-state index contributed by atoms with van der Waals surface area (Å²) in [6, 6.07) is 14.1. The fourth-order valence-corrected chi connectivity index (χ4v) is 8.07. The SMILES string of the molecule is CC(C)=CCc1c(O)c(/C=C/C2(C)COc3c(cc4c(c3CC=C(C)C)[C@@H]3Oc5cc6c(cc5[C@@H]3CO4)OCO6)O2)cc2c1O[C@H](c1ccc(O)cc1)CC2=O. The molecule has 4 atom stereocenters. The van der Waals surface area contributed by atoms with E-state index in [1.165, 1.54) is 5.57 Å². The summed E-state index contributed by atoms with van der Waals surface area (Å²) in [7, 11) is 0. The molecule has 4 aromatic carbocycles. The Morgan fingerprint density at radius 1 is 0.804 bits per heavy atom. The van der Waals surface area contributed by atoms with Gasteiger partial charge in [0.05, 0.1) is 24.5 Å². The molecule has 5 heterocycles. The summed E-state index contributed by atoms with van der Waals surface area (Å²) in [5, 5.41) is 21.5. The van der Waals surface area contributed by atoms with Crippen LogP contribution in [0.2, 0.25) is 0 Å². The molecule has 5 aliphatic heterocycles. The summed E-state index contributed by atoms with van der Waals surface area (Å²) in [6.45, 7) is 10.8. The lowest BCUT2D eigenvalue weighted by Gasteiger charge is -2.37. The second-order valence-electron chi connectivity index (χ2n) is 15.8. The summed E-state index contributed by atoms with van der Waals surface area (Å²) >= 11 is 0. The van der Waals surface area contributed by atoms with E-state index in [4.69, 9.17) is 33.2 Å². The van der Waals surface area contributed by atoms with E-state index >= 15 is 0 Å². The van der Waals surface area contributed by atoms with Crippen LogP contribution in [0.1, 0.15) is 103 Å². The van der Waals surface area contributed by atoms with Gasteiger partial charge in [-0.25, -0.2) is 0 Å². The number of fused-ring (bicyclic) bond motifs is 8. The molecule has 1 unspecified atom stereocenters. The molecule has 0 amide bonds. The molecular weight excluding hydrogens is 712 g/mol. The van der Waals surface area contributed by atoms with E-state index in [9.17, 15) is 15.0 Å². The molecule has 5 aliphatic rings. The number of phenols is 2. The van der Waals surface area contributed by atoms with Crippen molar-refractivity contribution in [1.82, 2.24) is 0 Å². The first-order valence-corrected chi connectivity index (χ1v) is 19.0. The number of benzene rings is 4. The van der Waals surface area contributed by atoms with E-state index in [0.717, 1.165) is 33.6 Å². The predicted octanol–water partition coefficient (Wildman–Crippen LogP) is 9.40. The van der Waals surface area contributed by atoms with Crippen LogP contribution in [0.5, 0.6) is 51.7 Å². The van der Waals surface area contributed by atoms with Crippen molar-refractivity contribution in [2.45, 2.75) is 77.6 Å². The molecule has 0 radical (unpaired) electrons. The van der Waals surface area contributed by atoms with Crippen molar-refractivity contribution in [1.29, 1.82) is 0 Å². The number of ketones is 1. The molecule has 0 saturated carbocycles. The molecule has 10 nitrogen and oxygen atoms in total. The lowest BCUT2D eigenvalue weighted by atomic mass is 9.85. The van der Waals surface area contributed by atoms with Gasteiger partial charge in [0.15, 0.2) is 34.4 Å². The molecule has 0 aliphatic carbocycles. The van der Waals surface area contributed by atoms with Gasteiger partial charge in [-0.1, -0.05) is 41.5 Å². The van der Waals surface area contributed by atoms with Gasteiger partial charge in [-0.3, -0.25) is 4.79 Å². The Kier molecular flexibility index (Phi) is 8.67. The van der Waals surface area contributed by atoms with Crippen LogP contribution in [-0.4, -0.2) is 41.6 Å². The highest BCUT2D eigenvalue weighted by Crippen LogP contribution is 2.58. The number of ether oxygens (including phenoxy) is 7. The number of aromatic hydroxyl groups is 2. The summed E-state index contributed by atoms with van der Waals surface area (Å²) in [4.78, 5) is 13.7. The molecule has 0 saturated heterocycles. The number of allylic oxidation sites excluding steroid dienone is 4. The molecule has 2 N–H and O–H groups in total. The Hall–Kier alpha value is -6.03. The number of carbonyl (C=O) groups excluding carboxylic acids is 1. The monoisotopic (exact) mass is 756 g/mol. The minimum atomic E-state index is -0.931. The van der Waals surface area contributed by atoms with Gasteiger partial charge in [-0.05, 0) is 83.4 Å². The first kappa shape index (κ1) is 35.7. The topological polar surface area (TPSA) is 122 Å². The van der Waals surface area contributed by atoms with Crippen LogP contribution in [0, 0.1) is 0 Å². The third-order valence-corrected chi connectivity index (χ3v) is 11.0. The summed E-state index contributed by atoms with van der Waals surface area (Å²) in [5.41, 5.74) is 6.42. The standard InChI is InChI=1S/C46H44O10/c1-24(2)6-12-29-41-39(50-21-33-31-17-37-38(53-23-52-37)19-36(31)55-45(33)41)20-40-44(29)51-22-46(5,56-40)15-14-27-16-32-34(48)18-35(26-8-10-28(47)11-9-26)54-43(32)30(42(27)49)13-7-25(3)4/h6-11,14-17,19-20,33,35,45,47,49H,12-13,18,21-23H2,1-5H3/b15-14+/t33-,35-,45+,46?/m0/s1. The van der Waals surface area contributed by atoms with Crippen LogP contribution >= 0.6 is 0 Å². The highest BCUT2D eigenvalue weighted by Gasteiger charge is 2.46. The molecule has 0 spiro atoms. The maximum Gasteiger partial charge on any atom is 0.231 e. The average Bonchev–Trinajstić information content (AvgIpc) is 3.78. The maximum absolute atomic E-state index is 13.7. The first-order chi connectivity index (χ1) is 26.9. The predicted molar refractivity (Wildman–Crippen MR) is 209 cm³/mol. The normalized spacial score (nSPS) is 22.2. The van der Waals surface area contributed by atoms with Crippen molar-refractivity contribution in [3.8, 4) is 51.7 Å². The van der Waals surface area contributed by atoms with Gasteiger partial charge in [0.2, 0.25) is 6.79 Å². The number of hydrogen-bond donors (Lipinski definition) is 2. The number of phenolic OH excluding ortho intramolecular Hbond substituents is 2. The number of hydrogen-bond acceptors (Lipinski definition) is 10. The second-order valence-corrected chi connectivity index (χ2v) is 15.8. The number of Topliss-reactive ketones (excluding diaryl/α,β-unsaturated/α-hetero) is 1. The molecular formula is C46H44O10. The third-order valence-electron chi connectivity index (χ3n) is 11.0. The van der Waals surface area contributed by atoms with Crippen LogP contribution in [0.3, 0.4) is 0 Å². The Morgan fingerprint density at radius 2 is 1.52 bits per heavy atom. The van der Waals surface area contributed by atoms with Crippen LogP contribution < -0.4 is 33.2 Å². The van der Waals surface area contributed by atoms with E-state index in [1.54, 1.807) is 36.4 Å².